The third kappa shape index (κ3) is 5.43. The molecule has 1 N–H and O–H groups in total. The van der Waals surface area contributed by atoms with Crippen molar-refractivity contribution >= 4 is 46.3 Å². The van der Waals surface area contributed by atoms with E-state index in [1.54, 1.807) is 17.5 Å². The van der Waals surface area contributed by atoms with Gasteiger partial charge in [-0.25, -0.2) is 4.39 Å². The Kier molecular flexibility index (Phi) is 6.45. The van der Waals surface area contributed by atoms with Gasteiger partial charge in [-0.05, 0) is 29.6 Å². The number of esters is 1. The molecular weight excluding hydrogens is 357 g/mol. The Morgan fingerprint density at radius 3 is 2.67 bits per heavy atom. The molecule has 0 unspecified atom stereocenters. The molecule has 0 saturated heterocycles. The first-order valence-corrected chi connectivity index (χ1v) is 8.18. The molecule has 1 aromatic heterocycles. The molecule has 5 nitrogen and oxygen atoms in total. The monoisotopic (exact) mass is 369 g/mol. The molecule has 1 amide bonds. The summed E-state index contributed by atoms with van der Waals surface area (Å²) in [6.45, 7) is -0.499. The van der Waals surface area contributed by atoms with E-state index in [4.69, 9.17) is 16.3 Å². The first-order valence-electron chi connectivity index (χ1n) is 6.93. The van der Waals surface area contributed by atoms with E-state index in [9.17, 15) is 18.8 Å². The number of carbonyl (C=O) groups is 3. The lowest BCUT2D eigenvalue weighted by atomic mass is 10.2. The molecule has 0 saturated carbocycles. The van der Waals surface area contributed by atoms with Crippen LogP contribution in [0.1, 0.15) is 22.5 Å². The molecule has 8 heteroatoms. The summed E-state index contributed by atoms with van der Waals surface area (Å²) >= 11 is 6.90. The summed E-state index contributed by atoms with van der Waals surface area (Å²) in [4.78, 5) is 35.5. The maximum Gasteiger partial charge on any atom is 0.306 e. The van der Waals surface area contributed by atoms with Crippen LogP contribution in [-0.4, -0.2) is 24.3 Å². The van der Waals surface area contributed by atoms with Crippen molar-refractivity contribution in [3.63, 3.8) is 0 Å². The van der Waals surface area contributed by atoms with Gasteiger partial charge in [0, 0.05) is 12.1 Å². The lowest BCUT2D eigenvalue weighted by Gasteiger charge is -2.07. The highest BCUT2D eigenvalue weighted by Gasteiger charge is 2.13. The van der Waals surface area contributed by atoms with E-state index < -0.39 is 24.3 Å². The number of hydrogen-bond acceptors (Lipinski definition) is 5. The zero-order chi connectivity index (χ0) is 17.5. The highest BCUT2D eigenvalue weighted by molar-refractivity contribution is 7.12. The van der Waals surface area contributed by atoms with Gasteiger partial charge in [-0.15, -0.1) is 11.3 Å². The second kappa shape index (κ2) is 8.56. The van der Waals surface area contributed by atoms with Crippen molar-refractivity contribution in [2.75, 3.05) is 11.9 Å². The second-order valence-electron chi connectivity index (χ2n) is 4.74. The van der Waals surface area contributed by atoms with Crippen molar-refractivity contribution in [3.05, 3.63) is 51.4 Å². The molecule has 2 rings (SSSR count). The fourth-order valence-electron chi connectivity index (χ4n) is 1.77. The summed E-state index contributed by atoms with van der Waals surface area (Å²) in [5.74, 6) is -1.98. The van der Waals surface area contributed by atoms with Gasteiger partial charge in [0.05, 0.1) is 16.3 Å². The van der Waals surface area contributed by atoms with Gasteiger partial charge in [0.15, 0.2) is 12.4 Å². The summed E-state index contributed by atoms with van der Waals surface area (Å²) in [6.07, 6.45) is -0.0824. The van der Waals surface area contributed by atoms with Crippen LogP contribution in [0.15, 0.2) is 35.7 Å². The maximum absolute atomic E-state index is 13.0. The standard InChI is InChI=1S/C16H13ClFNO4S/c17-11-8-10(3-4-12(11)18)19-15(21)9-23-16(22)6-5-13(20)14-2-1-7-24-14/h1-4,7-8H,5-6,9H2,(H,19,21). The summed E-state index contributed by atoms with van der Waals surface area (Å²) in [5, 5.41) is 4.07. The van der Waals surface area contributed by atoms with Gasteiger partial charge in [0.1, 0.15) is 5.82 Å². The van der Waals surface area contributed by atoms with E-state index in [2.05, 4.69) is 5.32 Å². The first-order chi connectivity index (χ1) is 11.5. The number of ether oxygens (including phenoxy) is 1. The van der Waals surface area contributed by atoms with Crippen LogP contribution in [0.4, 0.5) is 10.1 Å². The minimum Gasteiger partial charge on any atom is -0.456 e. The average Bonchev–Trinajstić information content (AvgIpc) is 3.08. The molecule has 1 heterocycles. The van der Waals surface area contributed by atoms with Gasteiger partial charge in [-0.1, -0.05) is 17.7 Å². The predicted octanol–water partition coefficient (Wildman–Crippen LogP) is 3.69. The quantitative estimate of drug-likeness (QED) is 0.596. The fourth-order valence-corrected chi connectivity index (χ4v) is 2.64. The lowest BCUT2D eigenvalue weighted by Crippen LogP contribution is -2.21. The number of rotatable bonds is 7. The highest BCUT2D eigenvalue weighted by atomic mass is 35.5. The number of anilines is 1. The largest absolute Gasteiger partial charge is 0.456 e. The van der Waals surface area contributed by atoms with E-state index in [0.717, 1.165) is 6.07 Å². The molecule has 0 aliphatic carbocycles. The number of benzene rings is 1. The zero-order valence-corrected chi connectivity index (χ0v) is 14.0. The van der Waals surface area contributed by atoms with Gasteiger partial charge in [0.2, 0.25) is 0 Å². The van der Waals surface area contributed by atoms with Gasteiger partial charge in [-0.2, -0.15) is 0 Å². The van der Waals surface area contributed by atoms with Crippen molar-refractivity contribution in [2.24, 2.45) is 0 Å². The highest BCUT2D eigenvalue weighted by Crippen LogP contribution is 2.19. The molecule has 0 aliphatic heterocycles. The number of hydrogen-bond donors (Lipinski definition) is 1. The Bertz CT molecular complexity index is 749. The van der Waals surface area contributed by atoms with E-state index >= 15 is 0 Å². The number of carbonyl (C=O) groups excluding carboxylic acids is 3. The number of halogens is 2. The van der Waals surface area contributed by atoms with Crippen molar-refractivity contribution < 1.29 is 23.5 Å². The van der Waals surface area contributed by atoms with Crippen molar-refractivity contribution in [2.45, 2.75) is 12.8 Å². The Morgan fingerprint density at radius 1 is 1.21 bits per heavy atom. The van der Waals surface area contributed by atoms with Crippen LogP contribution in [0.3, 0.4) is 0 Å². The van der Waals surface area contributed by atoms with Crippen molar-refractivity contribution in [3.8, 4) is 0 Å². The molecule has 1 aromatic carbocycles. The van der Waals surface area contributed by atoms with Crippen LogP contribution in [0, 0.1) is 5.82 Å². The number of Topliss-reactive ketones (excluding diaryl/α,β-unsaturated/α-hetero) is 1. The normalized spacial score (nSPS) is 10.2. The van der Waals surface area contributed by atoms with E-state index in [1.165, 1.54) is 23.5 Å². The van der Waals surface area contributed by atoms with Crippen LogP contribution in [0.5, 0.6) is 0 Å². The van der Waals surface area contributed by atoms with E-state index in [0.29, 0.717) is 4.88 Å². The SMILES string of the molecule is O=C(COC(=O)CCC(=O)c1cccs1)Nc1ccc(F)c(Cl)c1. The molecular formula is C16H13ClFNO4S. The van der Waals surface area contributed by atoms with Crippen molar-refractivity contribution in [1.82, 2.24) is 0 Å². The third-order valence-corrected chi connectivity index (χ3v) is 4.12. The summed E-state index contributed by atoms with van der Waals surface area (Å²) < 4.78 is 17.8. The maximum atomic E-state index is 13.0. The molecule has 0 fully saturated rings. The minimum absolute atomic E-state index is 0.0224. The Balaban J connectivity index is 1.72. The molecule has 24 heavy (non-hydrogen) atoms. The third-order valence-electron chi connectivity index (χ3n) is 2.92. The number of nitrogens with one attached hydrogen (secondary N) is 1. The second-order valence-corrected chi connectivity index (χ2v) is 6.09. The molecule has 0 atom stereocenters. The van der Waals surface area contributed by atoms with Gasteiger partial charge in [0.25, 0.3) is 5.91 Å². The number of ketones is 1. The van der Waals surface area contributed by atoms with Crippen LogP contribution in [0.2, 0.25) is 5.02 Å². The van der Waals surface area contributed by atoms with Crippen LogP contribution in [-0.2, 0) is 14.3 Å². The number of amides is 1. The Hall–Kier alpha value is -2.25. The summed E-state index contributed by atoms with van der Waals surface area (Å²) in [6, 6.07) is 7.12. The minimum atomic E-state index is -0.646. The lowest BCUT2D eigenvalue weighted by molar-refractivity contribution is -0.147. The van der Waals surface area contributed by atoms with Gasteiger partial charge < -0.3 is 10.1 Å². The summed E-state index contributed by atoms with van der Waals surface area (Å²) in [5.41, 5.74) is 0.287. The molecule has 0 spiro atoms. The zero-order valence-electron chi connectivity index (χ0n) is 12.4. The van der Waals surface area contributed by atoms with E-state index in [1.807, 2.05) is 0 Å². The summed E-state index contributed by atoms with van der Waals surface area (Å²) in [7, 11) is 0. The molecule has 126 valence electrons. The first kappa shape index (κ1) is 18.1. The van der Waals surface area contributed by atoms with Crippen LogP contribution < -0.4 is 5.32 Å². The average molecular weight is 370 g/mol. The smallest absolute Gasteiger partial charge is 0.306 e. The molecule has 0 radical (unpaired) electrons. The molecule has 0 aliphatic rings. The van der Waals surface area contributed by atoms with E-state index in [-0.39, 0.29) is 29.3 Å². The van der Waals surface area contributed by atoms with Gasteiger partial charge in [-0.3, -0.25) is 14.4 Å². The van der Waals surface area contributed by atoms with Crippen LogP contribution >= 0.6 is 22.9 Å². The number of thiophene rings is 1. The Labute approximate surface area is 146 Å². The molecule has 2 aromatic rings. The molecule has 0 bridgehead atoms. The van der Waals surface area contributed by atoms with Crippen molar-refractivity contribution in [1.29, 1.82) is 0 Å². The van der Waals surface area contributed by atoms with Gasteiger partial charge >= 0.3 is 5.97 Å². The predicted molar refractivity (Wildman–Crippen MR) is 88.9 cm³/mol. The Morgan fingerprint density at radius 2 is 2.00 bits per heavy atom. The topological polar surface area (TPSA) is 72.5 Å². The van der Waals surface area contributed by atoms with Crippen LogP contribution in [0.25, 0.3) is 0 Å². The fraction of sp³-hybridized carbons (Fsp3) is 0.188.